The number of rotatable bonds is 7. The number of fused-ring (bicyclic) bond motifs is 1. The Bertz CT molecular complexity index is 1680. The van der Waals surface area contributed by atoms with E-state index in [4.69, 9.17) is 18.7 Å². The summed E-state index contributed by atoms with van der Waals surface area (Å²) in [5, 5.41) is 4.42. The first-order chi connectivity index (χ1) is 17.5. The Hall–Kier alpha value is -4.86. The standard InChI is InChI=1S/C26H22N4O6/c1-33-17-7-4-6-15(12-17)14-30-25(31)18-11-10-16(13-20(18)27-26(30)32)24-28-23(29-36-24)19-8-5-9-21(34-2)22(19)35-3/h4-13H,14H2,1-3H3,(H,27,32). The number of hydrogen-bond donors (Lipinski definition) is 1. The molecule has 10 nitrogen and oxygen atoms in total. The molecule has 0 radical (unpaired) electrons. The third kappa shape index (κ3) is 4.09. The van der Waals surface area contributed by atoms with E-state index in [1.54, 1.807) is 68.8 Å². The Morgan fingerprint density at radius 1 is 0.944 bits per heavy atom. The summed E-state index contributed by atoms with van der Waals surface area (Å²) < 4.78 is 22.6. The van der Waals surface area contributed by atoms with Crippen LogP contribution in [0.25, 0.3) is 33.7 Å². The molecule has 0 bridgehead atoms. The molecule has 5 aromatic rings. The first kappa shape index (κ1) is 22.9. The summed E-state index contributed by atoms with van der Waals surface area (Å²) in [6.45, 7) is 0.110. The van der Waals surface area contributed by atoms with Gasteiger partial charge in [-0.15, -0.1) is 0 Å². The highest BCUT2D eigenvalue weighted by atomic mass is 16.5. The fourth-order valence-electron chi connectivity index (χ4n) is 4.00. The zero-order valence-electron chi connectivity index (χ0n) is 19.8. The molecule has 2 heterocycles. The van der Waals surface area contributed by atoms with Gasteiger partial charge < -0.3 is 23.7 Å². The lowest BCUT2D eigenvalue weighted by atomic mass is 10.1. The highest BCUT2D eigenvalue weighted by Gasteiger charge is 2.18. The van der Waals surface area contributed by atoms with Gasteiger partial charge in [-0.25, -0.2) is 4.79 Å². The van der Waals surface area contributed by atoms with Gasteiger partial charge in [0.05, 0.1) is 44.3 Å². The number of para-hydroxylation sites is 1. The van der Waals surface area contributed by atoms with Gasteiger partial charge >= 0.3 is 5.69 Å². The van der Waals surface area contributed by atoms with E-state index < -0.39 is 11.2 Å². The fraction of sp³-hybridized carbons (Fsp3) is 0.154. The minimum atomic E-state index is -0.528. The molecular weight excluding hydrogens is 464 g/mol. The van der Waals surface area contributed by atoms with Crippen LogP contribution in [0.4, 0.5) is 0 Å². The summed E-state index contributed by atoms with van der Waals surface area (Å²) in [5.74, 6) is 2.19. The van der Waals surface area contributed by atoms with Gasteiger partial charge in [-0.1, -0.05) is 23.4 Å². The van der Waals surface area contributed by atoms with Crippen LogP contribution >= 0.6 is 0 Å². The molecule has 0 amide bonds. The minimum Gasteiger partial charge on any atom is -0.497 e. The second-order valence-electron chi connectivity index (χ2n) is 7.90. The number of nitrogens with one attached hydrogen (secondary N) is 1. The molecule has 0 aliphatic rings. The van der Waals surface area contributed by atoms with Crippen molar-refractivity contribution in [2.24, 2.45) is 0 Å². The van der Waals surface area contributed by atoms with Crippen LogP contribution in [0.3, 0.4) is 0 Å². The van der Waals surface area contributed by atoms with Crippen LogP contribution in [0, 0.1) is 0 Å². The molecule has 2 aromatic heterocycles. The van der Waals surface area contributed by atoms with E-state index in [1.165, 1.54) is 7.11 Å². The second-order valence-corrected chi connectivity index (χ2v) is 7.90. The highest BCUT2D eigenvalue weighted by Crippen LogP contribution is 2.37. The Labute approximate surface area is 204 Å². The molecule has 0 spiro atoms. The number of aromatic amines is 1. The summed E-state index contributed by atoms with van der Waals surface area (Å²) in [6.07, 6.45) is 0. The number of benzene rings is 3. The van der Waals surface area contributed by atoms with Gasteiger partial charge in [-0.05, 0) is 48.0 Å². The molecule has 5 rings (SSSR count). The molecule has 0 unspecified atom stereocenters. The van der Waals surface area contributed by atoms with Gasteiger partial charge in [-0.2, -0.15) is 4.98 Å². The SMILES string of the molecule is COc1cccc(Cn2c(=O)[nH]c3cc(-c4nc(-c5cccc(OC)c5OC)no4)ccc3c2=O)c1. The second kappa shape index (κ2) is 9.41. The van der Waals surface area contributed by atoms with Crippen LogP contribution in [0.15, 0.2) is 74.8 Å². The van der Waals surface area contributed by atoms with E-state index in [9.17, 15) is 9.59 Å². The van der Waals surface area contributed by atoms with Gasteiger partial charge in [0.2, 0.25) is 5.82 Å². The average Bonchev–Trinajstić information content (AvgIpc) is 3.40. The molecule has 182 valence electrons. The molecule has 1 N–H and O–H groups in total. The first-order valence-electron chi connectivity index (χ1n) is 11.0. The highest BCUT2D eigenvalue weighted by molar-refractivity contribution is 5.82. The normalized spacial score (nSPS) is 11.0. The van der Waals surface area contributed by atoms with Crippen molar-refractivity contribution in [1.29, 1.82) is 0 Å². The first-order valence-corrected chi connectivity index (χ1v) is 11.0. The van der Waals surface area contributed by atoms with Crippen LogP contribution in [0.5, 0.6) is 17.2 Å². The lowest BCUT2D eigenvalue weighted by Gasteiger charge is -2.09. The number of methoxy groups -OCH3 is 3. The Kier molecular flexibility index (Phi) is 5.99. The van der Waals surface area contributed by atoms with Crippen molar-refractivity contribution in [2.45, 2.75) is 6.54 Å². The number of ether oxygens (including phenoxy) is 3. The van der Waals surface area contributed by atoms with Crippen molar-refractivity contribution in [1.82, 2.24) is 19.7 Å². The van der Waals surface area contributed by atoms with E-state index in [0.717, 1.165) is 10.1 Å². The van der Waals surface area contributed by atoms with Crippen molar-refractivity contribution >= 4 is 10.9 Å². The average molecular weight is 486 g/mol. The van der Waals surface area contributed by atoms with Crippen LogP contribution in [0.2, 0.25) is 0 Å². The molecule has 0 atom stereocenters. The van der Waals surface area contributed by atoms with Crippen molar-refractivity contribution in [3.8, 4) is 40.1 Å². The summed E-state index contributed by atoms with van der Waals surface area (Å²) in [5.41, 5.74) is 1.34. The van der Waals surface area contributed by atoms with Crippen LogP contribution < -0.4 is 25.5 Å². The minimum absolute atomic E-state index is 0.110. The summed E-state index contributed by atoms with van der Waals surface area (Å²) in [6, 6.07) is 17.5. The monoisotopic (exact) mass is 486 g/mol. The lowest BCUT2D eigenvalue weighted by Crippen LogP contribution is -2.35. The molecule has 0 aliphatic carbocycles. The number of nitrogens with zero attached hydrogens (tertiary/aromatic N) is 3. The Morgan fingerprint density at radius 2 is 1.78 bits per heavy atom. The lowest BCUT2D eigenvalue weighted by molar-refractivity contribution is 0.355. The Morgan fingerprint density at radius 3 is 2.56 bits per heavy atom. The van der Waals surface area contributed by atoms with Crippen LogP contribution in [-0.4, -0.2) is 41.0 Å². The van der Waals surface area contributed by atoms with Crippen molar-refractivity contribution < 1.29 is 18.7 Å². The summed E-state index contributed by atoms with van der Waals surface area (Å²) >= 11 is 0. The molecule has 0 fully saturated rings. The number of H-pyrrole nitrogens is 1. The van der Waals surface area contributed by atoms with E-state index in [2.05, 4.69) is 15.1 Å². The third-order valence-corrected chi connectivity index (χ3v) is 5.77. The van der Waals surface area contributed by atoms with Gasteiger partial charge in [-0.3, -0.25) is 9.36 Å². The van der Waals surface area contributed by atoms with E-state index in [-0.39, 0.29) is 12.4 Å². The zero-order chi connectivity index (χ0) is 25.2. The maximum Gasteiger partial charge on any atom is 0.329 e. The van der Waals surface area contributed by atoms with Crippen molar-refractivity contribution in [2.75, 3.05) is 21.3 Å². The van der Waals surface area contributed by atoms with Crippen LogP contribution in [-0.2, 0) is 6.54 Å². The quantitative estimate of drug-likeness (QED) is 0.371. The summed E-state index contributed by atoms with van der Waals surface area (Å²) in [4.78, 5) is 33.1. The third-order valence-electron chi connectivity index (χ3n) is 5.77. The smallest absolute Gasteiger partial charge is 0.329 e. The predicted octanol–water partition coefficient (Wildman–Crippen LogP) is 3.48. The van der Waals surface area contributed by atoms with Crippen LogP contribution in [0.1, 0.15) is 5.56 Å². The van der Waals surface area contributed by atoms with Gasteiger partial charge in [0.25, 0.3) is 11.4 Å². The van der Waals surface area contributed by atoms with Crippen molar-refractivity contribution in [3.63, 3.8) is 0 Å². The van der Waals surface area contributed by atoms with E-state index in [0.29, 0.717) is 45.1 Å². The molecule has 0 saturated carbocycles. The maximum absolute atomic E-state index is 13.1. The molecular formula is C26H22N4O6. The van der Waals surface area contributed by atoms with Gasteiger partial charge in [0, 0.05) is 5.56 Å². The van der Waals surface area contributed by atoms with Gasteiger partial charge in [0.1, 0.15) is 5.75 Å². The van der Waals surface area contributed by atoms with E-state index >= 15 is 0 Å². The molecule has 0 saturated heterocycles. The molecule has 0 aliphatic heterocycles. The molecule has 10 heteroatoms. The van der Waals surface area contributed by atoms with Gasteiger partial charge in [0.15, 0.2) is 11.5 Å². The largest absolute Gasteiger partial charge is 0.497 e. The topological polar surface area (TPSA) is 121 Å². The molecule has 36 heavy (non-hydrogen) atoms. The van der Waals surface area contributed by atoms with E-state index in [1.807, 2.05) is 6.07 Å². The number of aromatic nitrogens is 4. The maximum atomic E-state index is 13.1. The molecule has 3 aromatic carbocycles. The fourth-order valence-corrected chi connectivity index (χ4v) is 4.00. The predicted molar refractivity (Wildman–Crippen MR) is 133 cm³/mol. The van der Waals surface area contributed by atoms with Crippen molar-refractivity contribution in [3.05, 3.63) is 87.1 Å². The number of hydrogen-bond acceptors (Lipinski definition) is 8. The summed E-state index contributed by atoms with van der Waals surface area (Å²) in [7, 11) is 4.64. The zero-order valence-corrected chi connectivity index (χ0v) is 19.8. The Balaban J connectivity index is 1.51.